The van der Waals surface area contributed by atoms with Crippen LogP contribution in [-0.2, 0) is 11.2 Å². The monoisotopic (exact) mass is 289 g/mol. The van der Waals surface area contributed by atoms with E-state index >= 15 is 0 Å². The summed E-state index contributed by atoms with van der Waals surface area (Å²) in [5.41, 5.74) is 2.89. The van der Waals surface area contributed by atoms with Crippen molar-refractivity contribution in [3.05, 3.63) is 35.4 Å². The molecule has 1 aliphatic heterocycles. The van der Waals surface area contributed by atoms with Gasteiger partial charge >= 0.3 is 0 Å². The molecule has 2 rings (SSSR count). The van der Waals surface area contributed by atoms with Crippen LogP contribution in [0.25, 0.3) is 0 Å². The number of hydrogen-bond acceptors (Lipinski definition) is 2. The van der Waals surface area contributed by atoms with Gasteiger partial charge in [-0.25, -0.2) is 0 Å². The number of hydrogen-bond donors (Lipinski definition) is 1. The van der Waals surface area contributed by atoms with Crippen LogP contribution in [0.5, 0.6) is 0 Å². The van der Waals surface area contributed by atoms with E-state index in [0.29, 0.717) is 6.04 Å². The smallest absolute Gasteiger partial charge is 0.0842 e. The number of benzene rings is 1. The molecule has 0 bridgehead atoms. The Kier molecular flexibility index (Phi) is 6.72. The van der Waals surface area contributed by atoms with Crippen LogP contribution in [0.4, 0.5) is 0 Å². The summed E-state index contributed by atoms with van der Waals surface area (Å²) in [5.74, 6) is 0.745. The maximum Gasteiger partial charge on any atom is 0.0842 e. The molecule has 0 aromatic heterocycles. The van der Waals surface area contributed by atoms with E-state index < -0.39 is 0 Å². The van der Waals surface area contributed by atoms with E-state index in [4.69, 9.17) is 4.74 Å². The Bertz CT molecular complexity index is 414. The second-order valence-corrected chi connectivity index (χ2v) is 6.18. The van der Waals surface area contributed by atoms with Crippen LogP contribution in [0.1, 0.15) is 63.7 Å². The normalized spacial score (nSPS) is 19.5. The van der Waals surface area contributed by atoms with Crippen LogP contribution in [-0.4, -0.2) is 19.2 Å². The first-order chi connectivity index (χ1) is 10.3. The van der Waals surface area contributed by atoms with Crippen molar-refractivity contribution in [3.8, 4) is 0 Å². The predicted molar refractivity (Wildman–Crippen MR) is 89.6 cm³/mol. The van der Waals surface area contributed by atoms with Gasteiger partial charge in [0, 0.05) is 6.04 Å². The van der Waals surface area contributed by atoms with Gasteiger partial charge in [-0.3, -0.25) is 0 Å². The summed E-state index contributed by atoms with van der Waals surface area (Å²) in [7, 11) is 0. The number of nitrogens with one attached hydrogen (secondary N) is 1. The molecule has 0 radical (unpaired) electrons. The van der Waals surface area contributed by atoms with Crippen molar-refractivity contribution < 1.29 is 4.74 Å². The highest BCUT2D eigenvalue weighted by Crippen LogP contribution is 2.32. The summed E-state index contributed by atoms with van der Waals surface area (Å²) in [4.78, 5) is 0. The van der Waals surface area contributed by atoms with Crippen LogP contribution in [0.15, 0.2) is 24.3 Å². The van der Waals surface area contributed by atoms with Gasteiger partial charge in [0.2, 0.25) is 0 Å². The number of rotatable bonds is 8. The van der Waals surface area contributed by atoms with Crippen LogP contribution >= 0.6 is 0 Å². The van der Waals surface area contributed by atoms with Crippen molar-refractivity contribution in [2.45, 2.75) is 65.0 Å². The molecule has 1 N–H and O–H groups in total. The third-order valence-electron chi connectivity index (χ3n) is 4.83. The van der Waals surface area contributed by atoms with E-state index in [1.54, 1.807) is 0 Å². The van der Waals surface area contributed by atoms with E-state index in [2.05, 4.69) is 50.4 Å². The van der Waals surface area contributed by atoms with Gasteiger partial charge in [-0.2, -0.15) is 0 Å². The van der Waals surface area contributed by atoms with Crippen LogP contribution < -0.4 is 5.32 Å². The minimum atomic E-state index is 0.268. The topological polar surface area (TPSA) is 21.3 Å². The zero-order valence-corrected chi connectivity index (χ0v) is 13.9. The summed E-state index contributed by atoms with van der Waals surface area (Å²) >= 11 is 0. The summed E-state index contributed by atoms with van der Waals surface area (Å²) in [6.07, 6.45) is 6.11. The average molecular weight is 289 g/mol. The van der Waals surface area contributed by atoms with E-state index in [-0.39, 0.29) is 6.10 Å². The Hall–Kier alpha value is -0.860. The van der Waals surface area contributed by atoms with Crippen molar-refractivity contribution in [3.63, 3.8) is 0 Å². The molecule has 2 unspecified atom stereocenters. The molecule has 2 nitrogen and oxygen atoms in total. The molecule has 1 aromatic carbocycles. The third-order valence-corrected chi connectivity index (χ3v) is 4.83. The van der Waals surface area contributed by atoms with Crippen molar-refractivity contribution in [2.75, 3.05) is 13.2 Å². The van der Waals surface area contributed by atoms with Crippen molar-refractivity contribution >= 4 is 0 Å². The first kappa shape index (κ1) is 16.5. The minimum absolute atomic E-state index is 0.268. The molecular weight excluding hydrogens is 258 g/mol. The summed E-state index contributed by atoms with van der Waals surface area (Å²) in [5, 5.41) is 3.77. The highest BCUT2D eigenvalue weighted by atomic mass is 16.5. The lowest BCUT2D eigenvalue weighted by Crippen LogP contribution is -2.38. The van der Waals surface area contributed by atoms with Crippen LogP contribution in [0.2, 0.25) is 0 Å². The number of ether oxygens (including phenoxy) is 1. The van der Waals surface area contributed by atoms with Gasteiger partial charge in [0.05, 0.1) is 12.7 Å². The molecule has 2 heteroatoms. The second-order valence-electron chi connectivity index (χ2n) is 6.18. The summed E-state index contributed by atoms with van der Waals surface area (Å²) in [6.45, 7) is 8.83. The summed E-state index contributed by atoms with van der Waals surface area (Å²) < 4.78 is 6.11. The first-order valence-corrected chi connectivity index (χ1v) is 8.72. The van der Waals surface area contributed by atoms with Gasteiger partial charge in [0.25, 0.3) is 0 Å². The molecule has 0 saturated heterocycles. The molecule has 1 aromatic rings. The largest absolute Gasteiger partial charge is 0.373 e. The maximum atomic E-state index is 6.11. The van der Waals surface area contributed by atoms with Crippen molar-refractivity contribution in [2.24, 2.45) is 5.92 Å². The molecule has 0 aliphatic carbocycles. The Morgan fingerprint density at radius 1 is 1.19 bits per heavy atom. The van der Waals surface area contributed by atoms with Gasteiger partial charge in [-0.05, 0) is 42.9 Å². The Labute approximate surface area is 130 Å². The molecule has 0 amide bonds. The van der Waals surface area contributed by atoms with Crippen LogP contribution in [0.3, 0.4) is 0 Å². The fourth-order valence-corrected chi connectivity index (χ4v) is 3.53. The lowest BCUT2D eigenvalue weighted by atomic mass is 9.86. The Morgan fingerprint density at radius 3 is 2.67 bits per heavy atom. The highest BCUT2D eigenvalue weighted by Gasteiger charge is 2.27. The lowest BCUT2D eigenvalue weighted by Gasteiger charge is -2.33. The van der Waals surface area contributed by atoms with E-state index in [1.807, 2.05) is 0 Å². The van der Waals surface area contributed by atoms with Gasteiger partial charge < -0.3 is 10.1 Å². The lowest BCUT2D eigenvalue weighted by molar-refractivity contribution is 0.0239. The van der Waals surface area contributed by atoms with Gasteiger partial charge in [0.15, 0.2) is 0 Å². The molecule has 21 heavy (non-hydrogen) atoms. The molecule has 0 saturated carbocycles. The number of fused-ring (bicyclic) bond motifs is 1. The van der Waals surface area contributed by atoms with E-state index in [0.717, 1.165) is 31.9 Å². The van der Waals surface area contributed by atoms with Crippen molar-refractivity contribution in [1.29, 1.82) is 0 Å². The maximum absolute atomic E-state index is 6.11. The fourth-order valence-electron chi connectivity index (χ4n) is 3.53. The van der Waals surface area contributed by atoms with Gasteiger partial charge in [0.1, 0.15) is 0 Å². The average Bonchev–Trinajstić information content (AvgIpc) is 2.53. The van der Waals surface area contributed by atoms with Gasteiger partial charge in [-0.15, -0.1) is 0 Å². The summed E-state index contributed by atoms with van der Waals surface area (Å²) in [6, 6.07) is 9.37. The molecular formula is C19H31NO. The highest BCUT2D eigenvalue weighted by molar-refractivity contribution is 5.31. The first-order valence-electron chi connectivity index (χ1n) is 8.72. The molecule has 118 valence electrons. The second kappa shape index (κ2) is 8.55. The van der Waals surface area contributed by atoms with E-state index in [9.17, 15) is 0 Å². The third kappa shape index (κ3) is 4.31. The van der Waals surface area contributed by atoms with E-state index in [1.165, 1.54) is 30.4 Å². The zero-order chi connectivity index (χ0) is 15.1. The zero-order valence-electron chi connectivity index (χ0n) is 13.9. The quantitative estimate of drug-likeness (QED) is 0.761. The molecule has 1 heterocycles. The molecule has 0 fully saturated rings. The van der Waals surface area contributed by atoms with Crippen molar-refractivity contribution in [1.82, 2.24) is 5.32 Å². The predicted octanol–water partition coefficient (Wildman–Crippen LogP) is 4.49. The van der Waals surface area contributed by atoms with Gasteiger partial charge in [-0.1, -0.05) is 57.9 Å². The standard InChI is InChI=1S/C19H31NO/c1-4-12-20-18(15(5-2)6-3)14-19-17-10-8-7-9-16(17)11-13-21-19/h7-10,15,18-20H,4-6,11-14H2,1-3H3. The fraction of sp³-hybridized carbons (Fsp3) is 0.684. The molecule has 0 spiro atoms. The Morgan fingerprint density at radius 2 is 1.95 bits per heavy atom. The van der Waals surface area contributed by atoms with Crippen LogP contribution in [0, 0.1) is 5.92 Å². The molecule has 2 atom stereocenters. The Balaban J connectivity index is 2.09. The minimum Gasteiger partial charge on any atom is -0.373 e. The SMILES string of the molecule is CCCNC(CC1OCCc2ccccc21)C(CC)CC. The molecule has 1 aliphatic rings.